The van der Waals surface area contributed by atoms with E-state index in [-0.39, 0.29) is 24.2 Å². The molecule has 0 saturated carbocycles. The van der Waals surface area contributed by atoms with Crippen molar-refractivity contribution in [2.45, 2.75) is 45.6 Å². The molecule has 1 N–H and O–H groups in total. The Balaban J connectivity index is 2.10. The number of benzene rings is 2. The van der Waals surface area contributed by atoms with E-state index in [1.54, 1.807) is 17.0 Å². The molecule has 0 bridgehead atoms. The lowest BCUT2D eigenvalue weighted by Crippen LogP contribution is -2.51. The molecule has 0 unspecified atom stereocenters. The van der Waals surface area contributed by atoms with Gasteiger partial charge in [0.1, 0.15) is 6.04 Å². The maximum absolute atomic E-state index is 13.8. The average Bonchev–Trinajstić information content (AvgIpc) is 2.76. The van der Waals surface area contributed by atoms with E-state index in [9.17, 15) is 14.0 Å². The van der Waals surface area contributed by atoms with Crippen LogP contribution in [0, 0.1) is 5.82 Å². The summed E-state index contributed by atoms with van der Waals surface area (Å²) in [5.74, 6) is -1.01. The number of halogens is 1. The zero-order valence-electron chi connectivity index (χ0n) is 17.8. The van der Waals surface area contributed by atoms with E-state index in [1.807, 2.05) is 37.3 Å². The average molecular weight is 415 g/mol. The molecule has 0 heterocycles. The first kappa shape index (κ1) is 23.4. The van der Waals surface area contributed by atoms with Crippen molar-refractivity contribution in [3.05, 3.63) is 66.0 Å². The summed E-state index contributed by atoms with van der Waals surface area (Å²) in [6.07, 6.45) is 2.96. The first-order chi connectivity index (χ1) is 14.6. The summed E-state index contributed by atoms with van der Waals surface area (Å²) in [7, 11) is 0. The maximum atomic E-state index is 13.8. The molecule has 162 valence electrons. The van der Waals surface area contributed by atoms with E-state index in [0.717, 1.165) is 18.4 Å². The number of nitrogens with zero attached hydrogens (tertiary/aromatic N) is 1. The van der Waals surface area contributed by atoms with Gasteiger partial charge >= 0.3 is 0 Å². The monoisotopic (exact) mass is 414 g/mol. The van der Waals surface area contributed by atoms with Gasteiger partial charge in [0.2, 0.25) is 5.91 Å². The van der Waals surface area contributed by atoms with Crippen LogP contribution in [0.25, 0.3) is 0 Å². The molecule has 30 heavy (non-hydrogen) atoms. The first-order valence-electron chi connectivity index (χ1n) is 10.5. The number of ether oxygens (including phenoxy) is 1. The molecular weight excluding hydrogens is 383 g/mol. The van der Waals surface area contributed by atoms with Crippen LogP contribution in [-0.2, 0) is 16.0 Å². The Labute approximate surface area is 178 Å². The Hall–Kier alpha value is -2.89. The maximum Gasteiger partial charge on any atom is 0.261 e. The Morgan fingerprint density at radius 3 is 2.43 bits per heavy atom. The van der Waals surface area contributed by atoms with Gasteiger partial charge in [-0.2, -0.15) is 0 Å². The number of rotatable bonds is 12. The minimum absolute atomic E-state index is 0.0225. The summed E-state index contributed by atoms with van der Waals surface area (Å²) in [5, 5.41) is 2.92. The van der Waals surface area contributed by atoms with Crippen molar-refractivity contribution in [3.63, 3.8) is 0 Å². The summed E-state index contributed by atoms with van der Waals surface area (Å²) >= 11 is 0. The third-order valence-corrected chi connectivity index (χ3v) is 4.89. The summed E-state index contributed by atoms with van der Waals surface area (Å²) in [4.78, 5) is 27.3. The van der Waals surface area contributed by atoms with Crippen LogP contribution in [0.15, 0.2) is 54.6 Å². The largest absolute Gasteiger partial charge is 0.481 e. The molecule has 1 atom stereocenters. The van der Waals surface area contributed by atoms with Gasteiger partial charge in [0.15, 0.2) is 18.2 Å². The van der Waals surface area contributed by atoms with E-state index >= 15 is 0 Å². The Kier molecular flexibility index (Phi) is 9.84. The lowest BCUT2D eigenvalue weighted by molar-refractivity contribution is -0.142. The van der Waals surface area contributed by atoms with Crippen LogP contribution < -0.4 is 10.1 Å². The second kappa shape index (κ2) is 12.6. The van der Waals surface area contributed by atoms with Crippen LogP contribution in [0.2, 0.25) is 0 Å². The fourth-order valence-corrected chi connectivity index (χ4v) is 3.19. The summed E-state index contributed by atoms with van der Waals surface area (Å²) in [5.41, 5.74) is 1.08. The van der Waals surface area contributed by atoms with Crippen molar-refractivity contribution in [3.8, 4) is 5.75 Å². The quantitative estimate of drug-likeness (QED) is 0.535. The summed E-state index contributed by atoms with van der Waals surface area (Å²) in [6.45, 7) is 4.57. The molecule has 0 aliphatic heterocycles. The minimum Gasteiger partial charge on any atom is -0.481 e. The fourth-order valence-electron chi connectivity index (χ4n) is 3.19. The lowest BCUT2D eigenvalue weighted by atomic mass is 10.1. The predicted octanol–water partition coefficient (Wildman–Crippen LogP) is 3.97. The van der Waals surface area contributed by atoms with Crippen LogP contribution in [-0.4, -0.2) is 42.5 Å². The molecule has 0 fully saturated rings. The van der Waals surface area contributed by atoms with Gasteiger partial charge in [-0.15, -0.1) is 0 Å². The molecule has 2 aromatic rings. The number of unbranched alkanes of at least 4 members (excludes halogenated alkanes) is 1. The van der Waals surface area contributed by atoms with Crippen LogP contribution in [0.1, 0.15) is 38.7 Å². The van der Waals surface area contributed by atoms with Crippen molar-refractivity contribution in [2.75, 3.05) is 19.7 Å². The smallest absolute Gasteiger partial charge is 0.261 e. The van der Waals surface area contributed by atoms with Gasteiger partial charge in [-0.3, -0.25) is 9.59 Å². The molecule has 0 radical (unpaired) electrons. The lowest BCUT2D eigenvalue weighted by Gasteiger charge is -2.30. The molecule has 0 spiro atoms. The predicted molar refractivity (Wildman–Crippen MR) is 116 cm³/mol. The van der Waals surface area contributed by atoms with Crippen molar-refractivity contribution in [1.82, 2.24) is 10.2 Å². The second-order valence-electron chi connectivity index (χ2n) is 7.11. The van der Waals surface area contributed by atoms with Crippen LogP contribution >= 0.6 is 0 Å². The number of hydrogen-bond acceptors (Lipinski definition) is 3. The van der Waals surface area contributed by atoms with Crippen molar-refractivity contribution in [2.24, 2.45) is 0 Å². The van der Waals surface area contributed by atoms with E-state index in [4.69, 9.17) is 4.74 Å². The number of amides is 2. The van der Waals surface area contributed by atoms with Gasteiger partial charge in [-0.1, -0.05) is 62.7 Å². The summed E-state index contributed by atoms with van der Waals surface area (Å²) in [6, 6.07) is 15.2. The minimum atomic E-state index is -0.595. The van der Waals surface area contributed by atoms with Crippen molar-refractivity contribution in [1.29, 1.82) is 0 Å². The van der Waals surface area contributed by atoms with Crippen LogP contribution in [0.4, 0.5) is 4.39 Å². The van der Waals surface area contributed by atoms with Gasteiger partial charge in [0, 0.05) is 13.1 Å². The van der Waals surface area contributed by atoms with Crippen molar-refractivity contribution >= 4 is 11.8 Å². The highest BCUT2D eigenvalue weighted by Crippen LogP contribution is 2.16. The standard InChI is InChI=1S/C24H31FN2O3/c1-3-5-16-26-24(29)21(4-2)27(17-15-19-11-7-6-8-12-19)23(28)18-30-22-14-10-9-13-20(22)25/h6-14,21H,3-5,15-18H2,1-2H3,(H,26,29)/t21-/m1/s1. The van der Waals surface area contributed by atoms with Gasteiger partial charge in [-0.05, 0) is 37.0 Å². The third kappa shape index (κ3) is 7.17. The SMILES string of the molecule is CCCCNC(=O)[C@@H](CC)N(CCc1ccccc1)C(=O)COc1ccccc1F. The number of hydrogen-bond donors (Lipinski definition) is 1. The molecule has 0 aromatic heterocycles. The highest BCUT2D eigenvalue weighted by atomic mass is 19.1. The fraction of sp³-hybridized carbons (Fsp3) is 0.417. The van der Waals surface area contributed by atoms with Crippen molar-refractivity contribution < 1.29 is 18.7 Å². The van der Waals surface area contributed by atoms with Crippen LogP contribution in [0.3, 0.4) is 0 Å². The van der Waals surface area contributed by atoms with Gasteiger partial charge < -0.3 is 15.0 Å². The van der Waals surface area contributed by atoms with Gasteiger partial charge in [0.25, 0.3) is 5.91 Å². The normalized spacial score (nSPS) is 11.6. The molecule has 5 nitrogen and oxygen atoms in total. The zero-order valence-corrected chi connectivity index (χ0v) is 17.8. The molecule has 2 rings (SSSR count). The molecule has 0 aliphatic rings. The molecule has 6 heteroatoms. The second-order valence-corrected chi connectivity index (χ2v) is 7.11. The summed E-state index contributed by atoms with van der Waals surface area (Å²) < 4.78 is 19.2. The van der Waals surface area contributed by atoms with Gasteiger partial charge in [-0.25, -0.2) is 4.39 Å². The number of carbonyl (C=O) groups is 2. The van der Waals surface area contributed by atoms with E-state index in [0.29, 0.717) is 25.9 Å². The number of nitrogens with one attached hydrogen (secondary N) is 1. The van der Waals surface area contributed by atoms with Gasteiger partial charge in [0.05, 0.1) is 0 Å². The van der Waals surface area contributed by atoms with E-state index in [1.165, 1.54) is 12.1 Å². The Morgan fingerprint density at radius 1 is 1.07 bits per heavy atom. The third-order valence-electron chi connectivity index (χ3n) is 4.89. The molecular formula is C24H31FN2O3. The molecule has 0 saturated heterocycles. The van der Waals surface area contributed by atoms with E-state index in [2.05, 4.69) is 12.2 Å². The highest BCUT2D eigenvalue weighted by molar-refractivity contribution is 5.88. The first-order valence-corrected chi connectivity index (χ1v) is 10.5. The molecule has 2 aromatic carbocycles. The molecule has 0 aliphatic carbocycles. The molecule has 2 amide bonds. The topological polar surface area (TPSA) is 58.6 Å². The number of carbonyl (C=O) groups excluding carboxylic acids is 2. The zero-order chi connectivity index (χ0) is 21.8. The number of para-hydroxylation sites is 1. The van der Waals surface area contributed by atoms with E-state index < -0.39 is 11.9 Å². The van der Waals surface area contributed by atoms with Crippen LogP contribution in [0.5, 0.6) is 5.75 Å². The highest BCUT2D eigenvalue weighted by Gasteiger charge is 2.28. The Bertz CT molecular complexity index is 798. The Morgan fingerprint density at radius 2 is 1.77 bits per heavy atom.